The van der Waals surface area contributed by atoms with Crippen LogP contribution < -0.4 is 0 Å². The molecule has 1 atom stereocenters. The summed E-state index contributed by atoms with van der Waals surface area (Å²) in [6.45, 7) is 4.45. The number of hydrogen-bond acceptors (Lipinski definition) is 4. The van der Waals surface area contributed by atoms with Gasteiger partial charge in [-0.25, -0.2) is 0 Å². The number of ketones is 1. The molecule has 24 heavy (non-hydrogen) atoms. The molecule has 4 nitrogen and oxygen atoms in total. The van der Waals surface area contributed by atoms with Crippen LogP contribution in [0.15, 0.2) is 52.3 Å². The fourth-order valence-corrected chi connectivity index (χ4v) is 4.22. The van der Waals surface area contributed by atoms with Crippen LogP contribution in [0.2, 0.25) is 0 Å². The van der Waals surface area contributed by atoms with Crippen molar-refractivity contribution in [1.29, 1.82) is 0 Å². The van der Waals surface area contributed by atoms with Crippen LogP contribution in [0, 0.1) is 0 Å². The number of ether oxygens (including phenoxy) is 2. The normalized spacial score (nSPS) is 15.9. The fraction of sp³-hybridized carbons (Fsp3) is 0.316. The predicted octanol–water partition coefficient (Wildman–Crippen LogP) is 3.34. The van der Waals surface area contributed by atoms with Crippen LogP contribution >= 0.6 is 0 Å². The van der Waals surface area contributed by atoms with Gasteiger partial charge in [-0.3, -0.25) is 4.79 Å². The van der Waals surface area contributed by atoms with Gasteiger partial charge < -0.3 is 14.0 Å². The highest BCUT2D eigenvalue weighted by Crippen LogP contribution is 2.34. The van der Waals surface area contributed by atoms with E-state index in [1.165, 1.54) is 0 Å². The van der Waals surface area contributed by atoms with E-state index < -0.39 is 17.5 Å². The van der Waals surface area contributed by atoms with Crippen LogP contribution in [0.1, 0.15) is 35.3 Å². The Balaban J connectivity index is 1.91. The van der Waals surface area contributed by atoms with Crippen molar-refractivity contribution in [2.75, 3.05) is 13.2 Å². The van der Waals surface area contributed by atoms with Gasteiger partial charge in [0, 0.05) is 47.5 Å². The fourth-order valence-electron chi connectivity index (χ4n) is 2.84. The average molecular weight is 344 g/mol. The maximum Gasteiger partial charge on any atom is 0.222 e. The molecule has 2 aromatic carbocycles. The standard InChI is InChI=1S/C19H20O4S/c1-3-22-19(23-4-2)18(20)14-9-10-17-15(12-14)11-13-7-5-6-8-16(13)24(17)21/h5-10,12,19H,3-4,11H2,1-2H3. The second-order valence-corrected chi connectivity index (χ2v) is 6.90. The van der Waals surface area contributed by atoms with Crippen molar-refractivity contribution < 1.29 is 18.8 Å². The molecule has 5 heteroatoms. The lowest BCUT2D eigenvalue weighted by Gasteiger charge is -2.22. The third-order valence-electron chi connectivity index (χ3n) is 3.95. The molecule has 0 saturated carbocycles. The Kier molecular flexibility index (Phi) is 5.36. The summed E-state index contributed by atoms with van der Waals surface area (Å²) in [5, 5.41) is 0. The topological polar surface area (TPSA) is 58.6 Å². The van der Waals surface area contributed by atoms with E-state index in [-0.39, 0.29) is 5.78 Å². The van der Waals surface area contributed by atoms with Gasteiger partial charge in [0.2, 0.25) is 12.1 Å². The van der Waals surface area contributed by atoms with Crippen LogP contribution in [-0.2, 0) is 27.1 Å². The molecule has 0 aromatic heterocycles. The molecule has 3 rings (SSSR count). The number of Topliss-reactive ketones (excluding diaryl/α,β-unsaturated/α-hetero) is 1. The number of hydrogen-bond donors (Lipinski definition) is 0. The molecule has 0 radical (unpaired) electrons. The second-order valence-electron chi connectivity index (χ2n) is 5.48. The molecule has 0 aliphatic carbocycles. The van der Waals surface area contributed by atoms with Gasteiger partial charge in [0.15, 0.2) is 9.79 Å². The van der Waals surface area contributed by atoms with Gasteiger partial charge in [-0.15, -0.1) is 0 Å². The van der Waals surface area contributed by atoms with Crippen LogP contribution in [-0.4, -0.2) is 29.8 Å². The first kappa shape index (κ1) is 17.2. The molecule has 0 fully saturated rings. The van der Waals surface area contributed by atoms with Crippen LogP contribution in [0.3, 0.4) is 0 Å². The summed E-state index contributed by atoms with van der Waals surface area (Å²) in [5.41, 5.74) is 2.49. The van der Waals surface area contributed by atoms with E-state index in [0.717, 1.165) is 20.9 Å². The minimum Gasteiger partial charge on any atom is -0.606 e. The quantitative estimate of drug-likeness (QED) is 0.458. The Morgan fingerprint density at radius 1 is 1.08 bits per heavy atom. The molecule has 0 amide bonds. The Hall–Kier alpha value is -1.66. The summed E-state index contributed by atoms with van der Waals surface area (Å²) in [7, 11) is 0. The first-order chi connectivity index (χ1) is 11.7. The molecule has 0 N–H and O–H groups in total. The van der Waals surface area contributed by atoms with E-state index in [9.17, 15) is 9.35 Å². The summed E-state index contributed by atoms with van der Waals surface area (Å²) in [6, 6.07) is 13.0. The molecule has 2 aromatic rings. The SMILES string of the molecule is CCOC(OCC)C(=O)c1ccc2c(c1)Cc1ccccc1[S+]2[O-]. The average Bonchev–Trinajstić information content (AvgIpc) is 2.61. The van der Waals surface area contributed by atoms with Crippen molar-refractivity contribution in [1.82, 2.24) is 0 Å². The van der Waals surface area contributed by atoms with E-state index in [0.29, 0.717) is 25.2 Å². The number of carbonyl (C=O) groups excluding carboxylic acids is 1. The number of benzene rings is 2. The van der Waals surface area contributed by atoms with Gasteiger partial charge in [-0.05, 0) is 38.1 Å². The summed E-state index contributed by atoms with van der Waals surface area (Å²) in [5.74, 6) is -0.203. The highest BCUT2D eigenvalue weighted by molar-refractivity contribution is 7.91. The van der Waals surface area contributed by atoms with Crippen molar-refractivity contribution in [2.45, 2.75) is 36.3 Å². The molecule has 1 aliphatic rings. The maximum absolute atomic E-state index is 12.7. The molecule has 1 unspecified atom stereocenters. The van der Waals surface area contributed by atoms with E-state index >= 15 is 0 Å². The molecule has 0 spiro atoms. The summed E-state index contributed by atoms with van der Waals surface area (Å²) < 4.78 is 23.5. The number of rotatable bonds is 6. The Labute approximate surface area is 145 Å². The van der Waals surface area contributed by atoms with E-state index in [1.54, 1.807) is 12.1 Å². The zero-order valence-electron chi connectivity index (χ0n) is 13.8. The van der Waals surface area contributed by atoms with Gasteiger partial charge in [-0.2, -0.15) is 0 Å². The van der Waals surface area contributed by atoms with E-state index in [4.69, 9.17) is 9.47 Å². The zero-order valence-corrected chi connectivity index (χ0v) is 14.6. The molecular weight excluding hydrogens is 324 g/mol. The van der Waals surface area contributed by atoms with Crippen molar-refractivity contribution >= 4 is 17.0 Å². The summed E-state index contributed by atoms with van der Waals surface area (Å²) >= 11 is -1.20. The highest BCUT2D eigenvalue weighted by Gasteiger charge is 2.30. The zero-order chi connectivity index (χ0) is 17.1. The summed E-state index contributed by atoms with van der Waals surface area (Å²) in [4.78, 5) is 14.2. The van der Waals surface area contributed by atoms with Gasteiger partial charge in [0.25, 0.3) is 0 Å². The third kappa shape index (κ3) is 3.26. The van der Waals surface area contributed by atoms with Crippen LogP contribution in [0.4, 0.5) is 0 Å². The van der Waals surface area contributed by atoms with Gasteiger partial charge in [-0.1, -0.05) is 18.2 Å². The minimum atomic E-state index is -1.20. The molecule has 0 bridgehead atoms. The molecular formula is C19H20O4S. The lowest BCUT2D eigenvalue weighted by molar-refractivity contribution is -0.107. The van der Waals surface area contributed by atoms with Gasteiger partial charge in [0.1, 0.15) is 0 Å². The molecule has 126 valence electrons. The molecule has 1 heterocycles. The van der Waals surface area contributed by atoms with E-state index in [2.05, 4.69) is 0 Å². The highest BCUT2D eigenvalue weighted by atomic mass is 32.2. The maximum atomic E-state index is 12.7. The lowest BCUT2D eigenvalue weighted by Crippen LogP contribution is -2.28. The van der Waals surface area contributed by atoms with Gasteiger partial charge in [0.05, 0.1) is 0 Å². The van der Waals surface area contributed by atoms with Crippen LogP contribution in [0.25, 0.3) is 0 Å². The Bertz CT molecular complexity index is 738. The van der Waals surface area contributed by atoms with Crippen molar-refractivity contribution in [3.8, 4) is 0 Å². The number of fused-ring (bicyclic) bond motifs is 2. The first-order valence-corrected chi connectivity index (χ1v) is 9.20. The van der Waals surface area contributed by atoms with Crippen LogP contribution in [0.5, 0.6) is 0 Å². The van der Waals surface area contributed by atoms with E-state index in [1.807, 2.05) is 44.2 Å². The molecule has 0 saturated heterocycles. The van der Waals surface area contributed by atoms with Crippen molar-refractivity contribution in [3.63, 3.8) is 0 Å². The monoisotopic (exact) mass is 344 g/mol. The van der Waals surface area contributed by atoms with Crippen molar-refractivity contribution in [3.05, 3.63) is 59.2 Å². The lowest BCUT2D eigenvalue weighted by atomic mass is 10.0. The third-order valence-corrected chi connectivity index (χ3v) is 5.54. The largest absolute Gasteiger partial charge is 0.606 e. The Morgan fingerprint density at radius 3 is 2.46 bits per heavy atom. The first-order valence-electron chi connectivity index (χ1n) is 8.05. The minimum absolute atomic E-state index is 0.203. The van der Waals surface area contributed by atoms with Gasteiger partial charge >= 0.3 is 0 Å². The number of carbonyl (C=O) groups is 1. The van der Waals surface area contributed by atoms with Crippen molar-refractivity contribution in [2.24, 2.45) is 0 Å². The predicted molar refractivity (Wildman–Crippen MR) is 91.7 cm³/mol. The second kappa shape index (κ2) is 7.49. The Morgan fingerprint density at radius 2 is 1.75 bits per heavy atom. The molecule has 1 aliphatic heterocycles. The summed E-state index contributed by atoms with van der Waals surface area (Å²) in [6.07, 6.45) is -0.217. The smallest absolute Gasteiger partial charge is 0.222 e.